The van der Waals surface area contributed by atoms with Gasteiger partial charge in [-0.1, -0.05) is 31.0 Å². The first-order valence-corrected chi connectivity index (χ1v) is 7.56. The minimum Gasteiger partial charge on any atom is -0.481 e. The number of benzene rings is 2. The summed E-state index contributed by atoms with van der Waals surface area (Å²) >= 11 is 0. The van der Waals surface area contributed by atoms with Crippen molar-refractivity contribution >= 4 is 17.7 Å². The maximum atomic E-state index is 13.5. The van der Waals surface area contributed by atoms with Gasteiger partial charge in [0.1, 0.15) is 18.2 Å². The summed E-state index contributed by atoms with van der Waals surface area (Å²) in [5.41, 5.74) is 2.00. The van der Waals surface area contributed by atoms with Gasteiger partial charge in [0.15, 0.2) is 0 Å². The van der Waals surface area contributed by atoms with Gasteiger partial charge in [-0.25, -0.2) is 4.39 Å². The minimum absolute atomic E-state index is 0.152. The number of para-hydroxylation sites is 1. The quantitative estimate of drug-likeness (QED) is 0.643. The van der Waals surface area contributed by atoms with Crippen LogP contribution in [0.2, 0.25) is 0 Å². The zero-order chi connectivity index (χ0) is 17.4. The number of hydrogen-bond donors (Lipinski definition) is 1. The molecule has 0 saturated heterocycles. The molecular weight excluding hydrogens is 305 g/mol. The van der Waals surface area contributed by atoms with Gasteiger partial charge in [0.05, 0.1) is 5.69 Å². The van der Waals surface area contributed by atoms with E-state index >= 15 is 0 Å². The number of rotatable bonds is 6. The van der Waals surface area contributed by atoms with Gasteiger partial charge in [0.25, 0.3) is 0 Å². The molecule has 0 spiro atoms. The summed E-state index contributed by atoms with van der Waals surface area (Å²) in [7, 11) is 0. The van der Waals surface area contributed by atoms with Crippen LogP contribution in [-0.4, -0.2) is 12.5 Å². The topological polar surface area (TPSA) is 38.3 Å². The lowest BCUT2D eigenvalue weighted by Crippen LogP contribution is -2.09. The van der Waals surface area contributed by atoms with Crippen molar-refractivity contribution in [2.24, 2.45) is 0 Å². The average Bonchev–Trinajstić information content (AvgIpc) is 2.60. The molecule has 0 radical (unpaired) electrons. The zero-order valence-corrected chi connectivity index (χ0v) is 13.4. The Morgan fingerprint density at radius 2 is 2.12 bits per heavy atom. The number of carbonyl (C=O) groups is 1. The maximum absolute atomic E-state index is 13.5. The Morgan fingerprint density at radius 3 is 2.83 bits per heavy atom. The molecule has 0 aliphatic rings. The van der Waals surface area contributed by atoms with Gasteiger partial charge in [-0.3, -0.25) is 4.79 Å². The number of halogens is 1. The molecule has 3 nitrogen and oxygen atoms in total. The standard InChI is InChI=1S/C20H18FNO2/c1-3-13-24-19-11-9-15(14-16(19)4-2)10-12-20(23)22-18-8-6-5-7-17(18)21/h1,5-12,14H,4,13H2,2H3,(H,22,23)/b12-10+. The fourth-order valence-electron chi connectivity index (χ4n) is 2.15. The third kappa shape index (κ3) is 4.72. The highest BCUT2D eigenvalue weighted by molar-refractivity contribution is 6.02. The first-order valence-electron chi connectivity index (χ1n) is 7.56. The Kier molecular flexibility index (Phi) is 6.16. The highest BCUT2D eigenvalue weighted by Gasteiger charge is 2.04. The summed E-state index contributed by atoms with van der Waals surface area (Å²) < 4.78 is 19.0. The Hall–Kier alpha value is -3.06. The number of anilines is 1. The maximum Gasteiger partial charge on any atom is 0.248 e. The number of hydrogen-bond acceptors (Lipinski definition) is 2. The van der Waals surface area contributed by atoms with E-state index in [2.05, 4.69) is 11.2 Å². The third-order valence-corrected chi connectivity index (χ3v) is 3.34. The van der Waals surface area contributed by atoms with Crippen molar-refractivity contribution in [3.63, 3.8) is 0 Å². The number of ether oxygens (including phenoxy) is 1. The van der Waals surface area contributed by atoms with E-state index in [9.17, 15) is 9.18 Å². The van der Waals surface area contributed by atoms with E-state index in [1.54, 1.807) is 18.2 Å². The van der Waals surface area contributed by atoms with Crippen LogP contribution in [0.3, 0.4) is 0 Å². The predicted octanol–water partition coefficient (Wildman–Crippen LogP) is 4.05. The van der Waals surface area contributed by atoms with Gasteiger partial charge < -0.3 is 10.1 Å². The normalized spacial score (nSPS) is 10.4. The highest BCUT2D eigenvalue weighted by Crippen LogP contribution is 2.21. The molecule has 122 valence electrons. The number of terminal acetylenes is 1. The van der Waals surface area contributed by atoms with Crippen LogP contribution in [0.1, 0.15) is 18.1 Å². The van der Waals surface area contributed by atoms with Crippen LogP contribution in [-0.2, 0) is 11.2 Å². The van der Waals surface area contributed by atoms with Crippen LogP contribution in [0.4, 0.5) is 10.1 Å². The number of amides is 1. The van der Waals surface area contributed by atoms with E-state index in [1.807, 2.05) is 25.1 Å². The molecule has 24 heavy (non-hydrogen) atoms. The molecule has 4 heteroatoms. The predicted molar refractivity (Wildman–Crippen MR) is 94.2 cm³/mol. The Labute approximate surface area is 141 Å². The molecule has 2 aromatic rings. The van der Waals surface area contributed by atoms with Crippen molar-refractivity contribution in [2.75, 3.05) is 11.9 Å². The number of nitrogens with one attached hydrogen (secondary N) is 1. The van der Waals surface area contributed by atoms with Crippen LogP contribution in [0, 0.1) is 18.2 Å². The lowest BCUT2D eigenvalue weighted by Gasteiger charge is -2.09. The van der Waals surface area contributed by atoms with E-state index in [1.165, 1.54) is 18.2 Å². The van der Waals surface area contributed by atoms with Gasteiger partial charge in [0, 0.05) is 6.08 Å². The molecule has 0 aromatic heterocycles. The molecule has 0 heterocycles. The van der Waals surface area contributed by atoms with Crippen LogP contribution in [0.5, 0.6) is 5.75 Å². The molecule has 0 unspecified atom stereocenters. The summed E-state index contributed by atoms with van der Waals surface area (Å²) in [6, 6.07) is 11.6. The molecule has 0 atom stereocenters. The summed E-state index contributed by atoms with van der Waals surface area (Å²) in [5.74, 6) is 2.30. The first kappa shape index (κ1) is 17.3. The lowest BCUT2D eigenvalue weighted by molar-refractivity contribution is -0.111. The van der Waals surface area contributed by atoms with Crippen LogP contribution < -0.4 is 10.1 Å². The van der Waals surface area contributed by atoms with Gasteiger partial charge in [-0.15, -0.1) is 6.42 Å². The van der Waals surface area contributed by atoms with Crippen molar-refractivity contribution < 1.29 is 13.9 Å². The van der Waals surface area contributed by atoms with Gasteiger partial charge in [0.2, 0.25) is 5.91 Å². The Morgan fingerprint density at radius 1 is 1.33 bits per heavy atom. The SMILES string of the molecule is C#CCOc1ccc(/C=C/C(=O)Nc2ccccc2F)cc1CC. The number of carbonyl (C=O) groups excluding carboxylic acids is 1. The molecule has 0 fully saturated rings. The molecule has 0 saturated carbocycles. The fraction of sp³-hybridized carbons (Fsp3) is 0.150. The monoisotopic (exact) mass is 323 g/mol. The summed E-state index contributed by atoms with van der Waals surface area (Å²) in [6.45, 7) is 2.23. The van der Waals surface area contributed by atoms with Gasteiger partial charge in [-0.05, 0) is 47.9 Å². The Bertz CT molecular complexity index is 790. The average molecular weight is 323 g/mol. The van der Waals surface area contributed by atoms with E-state index in [0.717, 1.165) is 23.3 Å². The first-order chi connectivity index (χ1) is 11.6. The molecule has 0 aliphatic carbocycles. The summed E-state index contributed by atoms with van der Waals surface area (Å²) in [5, 5.41) is 2.50. The van der Waals surface area contributed by atoms with Gasteiger partial charge >= 0.3 is 0 Å². The Balaban J connectivity index is 2.07. The van der Waals surface area contributed by atoms with Crippen LogP contribution in [0.15, 0.2) is 48.5 Å². The number of aryl methyl sites for hydroxylation is 1. The molecule has 2 aromatic carbocycles. The van der Waals surface area contributed by atoms with Crippen molar-refractivity contribution in [2.45, 2.75) is 13.3 Å². The largest absolute Gasteiger partial charge is 0.481 e. The van der Waals surface area contributed by atoms with Crippen molar-refractivity contribution in [3.05, 3.63) is 65.5 Å². The van der Waals surface area contributed by atoms with Gasteiger partial charge in [-0.2, -0.15) is 0 Å². The van der Waals surface area contributed by atoms with E-state index in [4.69, 9.17) is 11.2 Å². The zero-order valence-electron chi connectivity index (χ0n) is 13.4. The second kappa shape index (κ2) is 8.54. The summed E-state index contributed by atoms with van der Waals surface area (Å²) in [6.07, 6.45) is 9.01. The van der Waals surface area contributed by atoms with Crippen LogP contribution in [0.25, 0.3) is 6.08 Å². The van der Waals surface area contributed by atoms with E-state index in [-0.39, 0.29) is 12.3 Å². The second-order valence-electron chi connectivity index (χ2n) is 5.02. The van der Waals surface area contributed by atoms with Crippen LogP contribution >= 0.6 is 0 Å². The van der Waals surface area contributed by atoms with Crippen molar-refractivity contribution in [1.82, 2.24) is 0 Å². The molecule has 2 rings (SSSR count). The smallest absolute Gasteiger partial charge is 0.248 e. The minimum atomic E-state index is -0.470. The molecule has 1 amide bonds. The van der Waals surface area contributed by atoms with E-state index in [0.29, 0.717) is 0 Å². The molecule has 0 aliphatic heterocycles. The van der Waals surface area contributed by atoms with E-state index < -0.39 is 11.7 Å². The third-order valence-electron chi connectivity index (χ3n) is 3.34. The molecule has 0 bridgehead atoms. The summed E-state index contributed by atoms with van der Waals surface area (Å²) in [4.78, 5) is 11.9. The molecular formula is C20H18FNO2. The highest BCUT2D eigenvalue weighted by atomic mass is 19.1. The molecule has 1 N–H and O–H groups in total. The van der Waals surface area contributed by atoms with Crippen molar-refractivity contribution in [3.8, 4) is 18.1 Å². The fourth-order valence-corrected chi connectivity index (χ4v) is 2.15. The lowest BCUT2D eigenvalue weighted by atomic mass is 10.1. The van der Waals surface area contributed by atoms with Crippen molar-refractivity contribution in [1.29, 1.82) is 0 Å². The second-order valence-corrected chi connectivity index (χ2v) is 5.02.